The van der Waals surface area contributed by atoms with Crippen LogP contribution in [0.1, 0.15) is 78.1 Å². The average Bonchev–Trinajstić information content (AvgIpc) is 2.53. The summed E-state index contributed by atoms with van der Waals surface area (Å²) in [5.41, 5.74) is 0. The van der Waals surface area contributed by atoms with Crippen molar-refractivity contribution in [2.24, 2.45) is 5.92 Å². The number of unbranched alkanes of at least 4 members (excludes halogenated alkanes) is 6. The van der Waals surface area contributed by atoms with Crippen molar-refractivity contribution in [3.8, 4) is 5.75 Å². The lowest BCUT2D eigenvalue weighted by Crippen LogP contribution is -2.12. The Morgan fingerprint density at radius 2 is 1.33 bits per heavy atom. The van der Waals surface area contributed by atoms with Crippen molar-refractivity contribution < 1.29 is 4.74 Å². The molecule has 0 fully saturated rings. The van der Waals surface area contributed by atoms with Gasteiger partial charge in [-0.3, -0.25) is 0 Å². The Labute approximate surface area is 132 Å². The lowest BCUT2D eigenvalue weighted by Gasteiger charge is -2.18. The maximum Gasteiger partial charge on any atom is 0.119 e. The maximum atomic E-state index is 5.98. The summed E-state index contributed by atoms with van der Waals surface area (Å²) in [7, 11) is 0. The zero-order chi connectivity index (χ0) is 15.2. The summed E-state index contributed by atoms with van der Waals surface area (Å²) in [6.45, 7) is 5.45. The number of hydrogen-bond donors (Lipinski definition) is 0. The second-order valence-electron chi connectivity index (χ2n) is 6.19. The molecule has 0 aliphatic rings. The highest BCUT2D eigenvalue weighted by Gasteiger charge is 2.09. The first kappa shape index (κ1) is 18.1. The minimum absolute atomic E-state index is 0.735. The fourth-order valence-electron chi connectivity index (χ4n) is 2.76. The lowest BCUT2D eigenvalue weighted by molar-refractivity contribution is 0.224. The van der Waals surface area contributed by atoms with Crippen molar-refractivity contribution in [1.82, 2.24) is 0 Å². The van der Waals surface area contributed by atoms with E-state index in [9.17, 15) is 0 Å². The van der Waals surface area contributed by atoms with Gasteiger partial charge in [-0.15, -0.1) is 0 Å². The van der Waals surface area contributed by atoms with Crippen molar-refractivity contribution in [1.29, 1.82) is 0 Å². The molecule has 0 heterocycles. The number of hydrogen-bond acceptors (Lipinski definition) is 1. The molecule has 0 saturated heterocycles. The van der Waals surface area contributed by atoms with E-state index in [1.165, 1.54) is 64.2 Å². The van der Waals surface area contributed by atoms with Crippen molar-refractivity contribution in [2.45, 2.75) is 78.1 Å². The van der Waals surface area contributed by atoms with Crippen LogP contribution < -0.4 is 4.74 Å². The van der Waals surface area contributed by atoms with E-state index in [0.717, 1.165) is 18.3 Å². The molecule has 0 aromatic heterocycles. The first-order valence-corrected chi connectivity index (χ1v) is 9.04. The van der Waals surface area contributed by atoms with E-state index < -0.39 is 0 Å². The third-order valence-electron chi connectivity index (χ3n) is 4.16. The Kier molecular flexibility index (Phi) is 11.0. The second kappa shape index (κ2) is 12.7. The smallest absolute Gasteiger partial charge is 0.119 e. The summed E-state index contributed by atoms with van der Waals surface area (Å²) in [6.07, 6.45) is 13.6. The molecule has 0 bridgehead atoms. The number of rotatable bonds is 13. The highest BCUT2D eigenvalue weighted by Crippen LogP contribution is 2.20. The zero-order valence-corrected chi connectivity index (χ0v) is 14.2. The maximum absolute atomic E-state index is 5.98. The van der Waals surface area contributed by atoms with Crippen LogP contribution >= 0.6 is 0 Å². The van der Waals surface area contributed by atoms with Crippen LogP contribution in [0.25, 0.3) is 0 Å². The van der Waals surface area contributed by atoms with E-state index in [1.807, 2.05) is 18.2 Å². The van der Waals surface area contributed by atoms with E-state index in [2.05, 4.69) is 26.0 Å². The average molecular weight is 290 g/mol. The summed E-state index contributed by atoms with van der Waals surface area (Å²) in [5, 5.41) is 0. The van der Waals surface area contributed by atoms with Gasteiger partial charge < -0.3 is 4.74 Å². The molecule has 1 rings (SSSR count). The van der Waals surface area contributed by atoms with E-state index in [0.29, 0.717) is 0 Å². The van der Waals surface area contributed by atoms with Crippen molar-refractivity contribution in [2.75, 3.05) is 6.61 Å². The summed E-state index contributed by atoms with van der Waals surface area (Å²) < 4.78 is 5.98. The van der Waals surface area contributed by atoms with Crippen LogP contribution in [0.2, 0.25) is 0 Å². The molecule has 120 valence electrons. The third-order valence-corrected chi connectivity index (χ3v) is 4.16. The molecule has 1 nitrogen and oxygen atoms in total. The molecule has 0 spiro atoms. The van der Waals surface area contributed by atoms with E-state index in [-0.39, 0.29) is 0 Å². The molecule has 0 radical (unpaired) electrons. The monoisotopic (exact) mass is 290 g/mol. The first-order valence-electron chi connectivity index (χ1n) is 9.04. The Morgan fingerprint density at radius 1 is 0.762 bits per heavy atom. The molecule has 1 aromatic carbocycles. The zero-order valence-electron chi connectivity index (χ0n) is 14.2. The summed E-state index contributed by atoms with van der Waals surface area (Å²) >= 11 is 0. The fraction of sp³-hybridized carbons (Fsp3) is 0.700. The van der Waals surface area contributed by atoms with E-state index in [1.54, 1.807) is 0 Å². The standard InChI is InChI=1S/C20H34O/c1-3-5-7-10-14-19(15-11-8-6-4-2)18-21-20-16-12-9-13-17-20/h9,12-13,16-17,19H,3-8,10-11,14-15,18H2,1-2H3. The first-order chi connectivity index (χ1) is 10.4. The molecular weight excluding hydrogens is 256 g/mol. The molecule has 0 aliphatic carbocycles. The van der Waals surface area contributed by atoms with Gasteiger partial charge in [-0.2, -0.15) is 0 Å². The second-order valence-corrected chi connectivity index (χ2v) is 6.19. The molecular formula is C20H34O. The van der Waals surface area contributed by atoms with Crippen LogP contribution in [-0.2, 0) is 0 Å². The van der Waals surface area contributed by atoms with Gasteiger partial charge in [0.05, 0.1) is 6.61 Å². The van der Waals surface area contributed by atoms with Crippen molar-refractivity contribution in [3.05, 3.63) is 30.3 Å². The molecule has 0 atom stereocenters. The third kappa shape index (κ3) is 9.55. The van der Waals surface area contributed by atoms with E-state index in [4.69, 9.17) is 4.74 Å². The van der Waals surface area contributed by atoms with Gasteiger partial charge in [-0.05, 0) is 30.9 Å². The minimum Gasteiger partial charge on any atom is -0.493 e. The molecule has 21 heavy (non-hydrogen) atoms. The van der Waals surface area contributed by atoms with Gasteiger partial charge >= 0.3 is 0 Å². The summed E-state index contributed by atoms with van der Waals surface area (Å²) in [4.78, 5) is 0. The Balaban J connectivity index is 2.28. The quantitative estimate of drug-likeness (QED) is 0.371. The highest BCUT2D eigenvalue weighted by atomic mass is 16.5. The van der Waals surface area contributed by atoms with Gasteiger partial charge in [0, 0.05) is 0 Å². The van der Waals surface area contributed by atoms with Crippen molar-refractivity contribution >= 4 is 0 Å². The highest BCUT2D eigenvalue weighted by molar-refractivity contribution is 5.20. The number of ether oxygens (including phenoxy) is 1. The van der Waals surface area contributed by atoms with Crippen LogP contribution in [0.5, 0.6) is 5.75 Å². The molecule has 0 aliphatic heterocycles. The van der Waals surface area contributed by atoms with Gasteiger partial charge in [0.1, 0.15) is 5.75 Å². The predicted molar refractivity (Wildman–Crippen MR) is 92.9 cm³/mol. The lowest BCUT2D eigenvalue weighted by atomic mass is 9.95. The van der Waals surface area contributed by atoms with Gasteiger partial charge in [0.25, 0.3) is 0 Å². The van der Waals surface area contributed by atoms with Crippen molar-refractivity contribution in [3.63, 3.8) is 0 Å². The van der Waals surface area contributed by atoms with E-state index >= 15 is 0 Å². The topological polar surface area (TPSA) is 9.23 Å². The number of benzene rings is 1. The molecule has 1 aromatic rings. The van der Waals surface area contributed by atoms with Gasteiger partial charge in [0.15, 0.2) is 0 Å². The molecule has 1 heteroatoms. The molecule has 0 saturated carbocycles. The molecule has 0 N–H and O–H groups in total. The molecule has 0 amide bonds. The minimum atomic E-state index is 0.735. The van der Waals surface area contributed by atoms with Gasteiger partial charge in [-0.1, -0.05) is 83.4 Å². The van der Waals surface area contributed by atoms with Crippen LogP contribution in [0.15, 0.2) is 30.3 Å². The van der Waals surface area contributed by atoms with Gasteiger partial charge in [0.2, 0.25) is 0 Å². The molecule has 0 unspecified atom stereocenters. The Bertz CT molecular complexity index is 308. The van der Waals surface area contributed by atoms with Crippen LogP contribution in [0, 0.1) is 5.92 Å². The SMILES string of the molecule is CCCCCCC(CCCCCC)COc1ccccc1. The van der Waals surface area contributed by atoms with Crippen LogP contribution in [-0.4, -0.2) is 6.61 Å². The predicted octanol–water partition coefficient (Wildman–Crippen LogP) is 6.62. The summed E-state index contributed by atoms with van der Waals surface area (Å²) in [5.74, 6) is 1.75. The largest absolute Gasteiger partial charge is 0.493 e. The normalized spacial score (nSPS) is 11.0. The Morgan fingerprint density at radius 3 is 1.86 bits per heavy atom. The summed E-state index contributed by atoms with van der Waals surface area (Å²) in [6, 6.07) is 10.3. The fourth-order valence-corrected chi connectivity index (χ4v) is 2.76. The van der Waals surface area contributed by atoms with Crippen LogP contribution in [0.3, 0.4) is 0 Å². The van der Waals surface area contributed by atoms with Gasteiger partial charge in [-0.25, -0.2) is 0 Å². The van der Waals surface area contributed by atoms with Crippen LogP contribution in [0.4, 0.5) is 0 Å². The number of para-hydroxylation sites is 1. The Hall–Kier alpha value is -0.980.